The van der Waals surface area contributed by atoms with Crippen molar-refractivity contribution in [1.29, 1.82) is 0 Å². The second-order valence-electron chi connectivity index (χ2n) is 10.8. The average Bonchev–Trinajstić information content (AvgIpc) is 3.12. The van der Waals surface area contributed by atoms with Gasteiger partial charge in [0.2, 0.25) is 0 Å². The quantitative estimate of drug-likeness (QED) is 0.334. The summed E-state index contributed by atoms with van der Waals surface area (Å²) in [6, 6.07) is 0. The van der Waals surface area contributed by atoms with Crippen molar-refractivity contribution in [2.45, 2.75) is 114 Å². The summed E-state index contributed by atoms with van der Waals surface area (Å²) in [4.78, 5) is 0. The fourth-order valence-corrected chi connectivity index (χ4v) is 6.78. The molecule has 2 saturated carbocycles. The Morgan fingerprint density at radius 3 is 2.23 bits per heavy atom. The van der Waals surface area contributed by atoms with Crippen LogP contribution in [0, 0.1) is 5.41 Å². The van der Waals surface area contributed by atoms with Crippen molar-refractivity contribution in [3.05, 3.63) is 0 Å². The van der Waals surface area contributed by atoms with Gasteiger partial charge in [0.1, 0.15) is 12.2 Å². The van der Waals surface area contributed by atoms with Crippen molar-refractivity contribution in [3.8, 4) is 0 Å². The van der Waals surface area contributed by atoms with Crippen LogP contribution in [0.1, 0.15) is 60.3 Å². The van der Waals surface area contributed by atoms with E-state index in [1.807, 2.05) is 0 Å². The molecule has 0 aromatic rings. The standard InChI is InChI=1S/C19H33F3O6SSi/c1-16(2,3)30(6,7)28-13-9-8-10-18(13)11-12(27-29(23,24)19(20,21)22)14-15(18)26-17(4,5)25-14/h12-15H,8-11H2,1-7H3/t12-,13-,14-,15-,18+/m0/s1. The summed E-state index contributed by atoms with van der Waals surface area (Å²) in [5.41, 5.74) is -6.13. The molecule has 0 bridgehead atoms. The Hall–Kier alpha value is -0.203. The third-order valence-electron chi connectivity index (χ3n) is 7.17. The van der Waals surface area contributed by atoms with E-state index < -0.39 is 53.5 Å². The molecular weight excluding hydrogens is 441 g/mol. The van der Waals surface area contributed by atoms with Gasteiger partial charge in [-0.15, -0.1) is 0 Å². The fourth-order valence-electron chi connectivity index (χ4n) is 4.75. The van der Waals surface area contributed by atoms with E-state index in [4.69, 9.17) is 18.1 Å². The summed E-state index contributed by atoms with van der Waals surface area (Å²) in [5.74, 6) is -1.05. The zero-order valence-electron chi connectivity index (χ0n) is 18.6. The highest BCUT2D eigenvalue weighted by atomic mass is 32.2. The Balaban J connectivity index is 1.94. The monoisotopic (exact) mass is 474 g/mol. The maximum absolute atomic E-state index is 13.0. The minimum Gasteiger partial charge on any atom is -0.413 e. The number of fused-ring (bicyclic) bond motifs is 2. The number of rotatable bonds is 4. The smallest absolute Gasteiger partial charge is 0.413 e. The third-order valence-corrected chi connectivity index (χ3v) is 12.7. The Morgan fingerprint density at radius 1 is 1.10 bits per heavy atom. The Morgan fingerprint density at radius 2 is 1.70 bits per heavy atom. The summed E-state index contributed by atoms with van der Waals surface area (Å²) in [6.45, 7) is 14.0. The normalized spacial score (nSPS) is 37.1. The molecule has 3 aliphatic rings. The fraction of sp³-hybridized carbons (Fsp3) is 1.00. The first-order valence-corrected chi connectivity index (χ1v) is 14.7. The van der Waals surface area contributed by atoms with Gasteiger partial charge in [0.15, 0.2) is 14.1 Å². The molecular formula is C19H33F3O6SSi. The predicted octanol–water partition coefficient (Wildman–Crippen LogP) is 4.71. The van der Waals surface area contributed by atoms with Crippen molar-refractivity contribution in [2.24, 2.45) is 5.41 Å². The van der Waals surface area contributed by atoms with Crippen molar-refractivity contribution in [3.63, 3.8) is 0 Å². The van der Waals surface area contributed by atoms with E-state index in [9.17, 15) is 21.6 Å². The molecule has 1 saturated heterocycles. The number of alkyl halides is 3. The van der Waals surface area contributed by atoms with E-state index >= 15 is 0 Å². The first-order valence-electron chi connectivity index (χ1n) is 10.3. The zero-order chi connectivity index (χ0) is 23.0. The highest BCUT2D eigenvalue weighted by molar-refractivity contribution is 7.87. The van der Waals surface area contributed by atoms with Gasteiger partial charge in [-0.1, -0.05) is 27.2 Å². The average molecular weight is 475 g/mol. The van der Waals surface area contributed by atoms with E-state index in [-0.39, 0.29) is 17.6 Å². The Kier molecular flexibility index (Phi) is 5.82. The van der Waals surface area contributed by atoms with Crippen LogP contribution < -0.4 is 0 Å². The Bertz CT molecular complexity index is 776. The summed E-state index contributed by atoms with van der Waals surface area (Å²) in [5, 5.41) is -0.0450. The summed E-state index contributed by atoms with van der Waals surface area (Å²) in [6.07, 6.45) is -0.675. The van der Waals surface area contributed by atoms with Gasteiger partial charge in [-0.2, -0.15) is 21.6 Å². The molecule has 3 rings (SSSR count). The van der Waals surface area contributed by atoms with Crippen molar-refractivity contribution >= 4 is 18.4 Å². The number of halogens is 3. The number of ether oxygens (including phenoxy) is 2. The molecule has 30 heavy (non-hydrogen) atoms. The molecule has 1 aliphatic heterocycles. The van der Waals surface area contributed by atoms with Crippen LogP contribution in [0.4, 0.5) is 13.2 Å². The first-order chi connectivity index (χ1) is 13.3. The molecule has 0 aromatic heterocycles. The van der Waals surface area contributed by atoms with E-state index in [0.717, 1.165) is 12.8 Å². The maximum atomic E-state index is 13.0. The molecule has 11 heteroatoms. The lowest BCUT2D eigenvalue weighted by atomic mass is 9.80. The molecule has 0 amide bonds. The van der Waals surface area contributed by atoms with E-state index in [2.05, 4.69) is 33.9 Å². The molecule has 6 nitrogen and oxygen atoms in total. The van der Waals surface area contributed by atoms with Crippen LogP contribution >= 0.6 is 0 Å². The summed E-state index contributed by atoms with van der Waals surface area (Å²) >= 11 is 0. The van der Waals surface area contributed by atoms with Crippen LogP contribution in [0.2, 0.25) is 18.1 Å². The topological polar surface area (TPSA) is 71.1 Å². The van der Waals surface area contributed by atoms with Crippen LogP contribution in [0.5, 0.6) is 0 Å². The van der Waals surface area contributed by atoms with Crippen LogP contribution in [0.25, 0.3) is 0 Å². The molecule has 5 atom stereocenters. The molecule has 0 unspecified atom stereocenters. The van der Waals surface area contributed by atoms with Gasteiger partial charge >= 0.3 is 15.6 Å². The Labute approximate surface area is 178 Å². The van der Waals surface area contributed by atoms with Crippen molar-refractivity contribution in [2.75, 3.05) is 0 Å². The molecule has 0 N–H and O–H groups in total. The molecule has 3 fully saturated rings. The molecule has 0 radical (unpaired) electrons. The van der Waals surface area contributed by atoms with Gasteiger partial charge in [-0.05, 0) is 51.2 Å². The minimum atomic E-state index is -5.75. The maximum Gasteiger partial charge on any atom is 0.523 e. The lowest BCUT2D eigenvalue weighted by Crippen LogP contribution is -2.50. The minimum absolute atomic E-state index is 0.0450. The van der Waals surface area contributed by atoms with Gasteiger partial charge in [0.25, 0.3) is 0 Å². The van der Waals surface area contributed by atoms with Gasteiger partial charge in [-0.25, -0.2) is 0 Å². The van der Waals surface area contributed by atoms with E-state index in [1.54, 1.807) is 13.8 Å². The summed E-state index contributed by atoms with van der Waals surface area (Å²) in [7, 11) is -7.92. The van der Waals surface area contributed by atoms with Gasteiger partial charge in [0, 0.05) is 5.41 Å². The van der Waals surface area contributed by atoms with E-state index in [1.165, 1.54) is 0 Å². The highest BCUT2D eigenvalue weighted by Gasteiger charge is 2.68. The predicted molar refractivity (Wildman–Crippen MR) is 107 cm³/mol. The number of hydrogen-bond acceptors (Lipinski definition) is 6. The lowest BCUT2D eigenvalue weighted by Gasteiger charge is -2.44. The lowest BCUT2D eigenvalue weighted by molar-refractivity contribution is -0.180. The summed E-state index contributed by atoms with van der Waals surface area (Å²) < 4.78 is 85.8. The number of hydrogen-bond donors (Lipinski definition) is 0. The van der Waals surface area contributed by atoms with Crippen LogP contribution in [0.3, 0.4) is 0 Å². The third kappa shape index (κ3) is 4.10. The van der Waals surface area contributed by atoms with E-state index in [0.29, 0.717) is 6.42 Å². The molecule has 1 heterocycles. The van der Waals surface area contributed by atoms with Crippen molar-refractivity contribution < 1.29 is 39.7 Å². The zero-order valence-corrected chi connectivity index (χ0v) is 20.4. The molecule has 1 spiro atoms. The van der Waals surface area contributed by atoms with Gasteiger partial charge in [0.05, 0.1) is 12.2 Å². The molecule has 2 aliphatic carbocycles. The second-order valence-corrected chi connectivity index (χ2v) is 17.1. The van der Waals surface area contributed by atoms with Crippen LogP contribution in [0.15, 0.2) is 0 Å². The van der Waals surface area contributed by atoms with Gasteiger partial charge in [-0.3, -0.25) is 4.18 Å². The van der Waals surface area contributed by atoms with Crippen LogP contribution in [-0.2, 0) is 28.2 Å². The SMILES string of the molecule is CC1(C)O[C@H]2[C@@H](OS(=O)(=O)C(F)(F)F)C[C@@]3(CCC[C@@H]3O[Si](C)(C)C(C)(C)C)[C@H]2O1. The highest BCUT2D eigenvalue weighted by Crippen LogP contribution is 2.59. The molecule has 0 aromatic carbocycles. The first kappa shape index (κ1) is 24.4. The molecule has 176 valence electrons. The second kappa shape index (κ2) is 7.15. The van der Waals surface area contributed by atoms with Crippen molar-refractivity contribution in [1.82, 2.24) is 0 Å². The van der Waals surface area contributed by atoms with Crippen LogP contribution in [-0.4, -0.2) is 52.4 Å². The largest absolute Gasteiger partial charge is 0.523 e. The van der Waals surface area contributed by atoms with Gasteiger partial charge < -0.3 is 13.9 Å².